The maximum Gasteiger partial charge on any atom is 0.233 e. The minimum absolute atomic E-state index is 0.177. The van der Waals surface area contributed by atoms with Gasteiger partial charge in [0.2, 0.25) is 5.88 Å². The Morgan fingerprint density at radius 1 is 1.46 bits per heavy atom. The predicted octanol–water partition coefficient (Wildman–Crippen LogP) is 2.39. The van der Waals surface area contributed by atoms with E-state index >= 15 is 0 Å². The molecular formula is C9H13ClN2O. The predicted molar refractivity (Wildman–Crippen MR) is 52.0 cm³/mol. The van der Waals surface area contributed by atoms with Crippen LogP contribution in [0, 0.1) is 0 Å². The van der Waals surface area contributed by atoms with Gasteiger partial charge in [0, 0.05) is 6.07 Å². The Morgan fingerprint density at radius 2 is 2.23 bits per heavy atom. The van der Waals surface area contributed by atoms with Crippen LogP contribution < -0.4 is 4.74 Å². The van der Waals surface area contributed by atoms with Crippen LogP contribution in [0.25, 0.3) is 0 Å². The topological polar surface area (TPSA) is 35.0 Å². The van der Waals surface area contributed by atoms with E-state index in [0.29, 0.717) is 11.8 Å². The average molecular weight is 201 g/mol. The van der Waals surface area contributed by atoms with Crippen molar-refractivity contribution < 1.29 is 4.74 Å². The molecule has 0 bridgehead atoms. The first kappa shape index (κ1) is 10.3. The fourth-order valence-electron chi connectivity index (χ4n) is 0.771. The van der Waals surface area contributed by atoms with E-state index in [1.165, 1.54) is 0 Å². The summed E-state index contributed by atoms with van der Waals surface area (Å²) >= 11 is 5.57. The molecule has 0 aliphatic heterocycles. The lowest BCUT2D eigenvalue weighted by molar-refractivity contribution is 0.206. The Hall–Kier alpha value is -0.830. The van der Waals surface area contributed by atoms with Gasteiger partial charge in [-0.3, -0.25) is 0 Å². The third-order valence-corrected chi connectivity index (χ3v) is 2.00. The molecule has 1 unspecified atom stereocenters. The molecule has 1 aromatic rings. The van der Waals surface area contributed by atoms with Crippen LogP contribution in [0.4, 0.5) is 0 Å². The van der Waals surface area contributed by atoms with E-state index in [0.717, 1.165) is 12.1 Å². The second-order valence-electron chi connectivity index (χ2n) is 2.83. The number of alkyl halides is 1. The van der Waals surface area contributed by atoms with Crippen molar-refractivity contribution in [3.8, 4) is 5.88 Å². The molecular weight excluding hydrogens is 188 g/mol. The van der Waals surface area contributed by atoms with E-state index in [-0.39, 0.29) is 6.10 Å². The lowest BCUT2D eigenvalue weighted by atomic mass is 10.3. The third kappa shape index (κ3) is 3.19. The molecule has 4 heteroatoms. The summed E-state index contributed by atoms with van der Waals surface area (Å²) < 4.78 is 5.45. The van der Waals surface area contributed by atoms with Crippen molar-refractivity contribution in [1.29, 1.82) is 0 Å². The van der Waals surface area contributed by atoms with Gasteiger partial charge in [0.1, 0.15) is 0 Å². The van der Waals surface area contributed by atoms with Crippen LogP contribution in [0.15, 0.2) is 12.1 Å². The van der Waals surface area contributed by atoms with Crippen molar-refractivity contribution >= 4 is 11.6 Å². The number of hydrogen-bond donors (Lipinski definition) is 0. The van der Waals surface area contributed by atoms with Gasteiger partial charge in [-0.05, 0) is 19.4 Å². The quantitative estimate of drug-likeness (QED) is 0.701. The van der Waals surface area contributed by atoms with Gasteiger partial charge in [-0.15, -0.1) is 16.7 Å². The zero-order chi connectivity index (χ0) is 9.68. The van der Waals surface area contributed by atoms with Crippen LogP contribution in [0.5, 0.6) is 5.88 Å². The van der Waals surface area contributed by atoms with Gasteiger partial charge < -0.3 is 4.74 Å². The molecule has 1 aromatic heterocycles. The molecule has 0 saturated heterocycles. The zero-order valence-corrected chi connectivity index (χ0v) is 8.58. The summed E-state index contributed by atoms with van der Waals surface area (Å²) in [5.74, 6) is 0.944. The standard InChI is InChI=1S/C9H13ClN2O/c1-3-7(2)13-9-5-4-8(6-10)11-12-9/h4-5,7H,3,6H2,1-2H3. The van der Waals surface area contributed by atoms with Gasteiger partial charge in [0.25, 0.3) is 0 Å². The first-order chi connectivity index (χ1) is 6.26. The Labute approximate surface area is 83.1 Å². The van der Waals surface area contributed by atoms with Crippen LogP contribution in [0.1, 0.15) is 26.0 Å². The fraction of sp³-hybridized carbons (Fsp3) is 0.556. The number of aromatic nitrogens is 2. The Balaban J connectivity index is 2.58. The molecule has 72 valence electrons. The molecule has 0 N–H and O–H groups in total. The monoisotopic (exact) mass is 200 g/mol. The Morgan fingerprint density at radius 3 is 2.69 bits per heavy atom. The maximum atomic E-state index is 5.57. The van der Waals surface area contributed by atoms with Crippen LogP contribution in [0.3, 0.4) is 0 Å². The molecule has 13 heavy (non-hydrogen) atoms. The molecule has 0 aliphatic rings. The van der Waals surface area contributed by atoms with E-state index in [1.807, 2.05) is 13.0 Å². The van der Waals surface area contributed by atoms with Gasteiger partial charge in [-0.2, -0.15) is 5.10 Å². The smallest absolute Gasteiger partial charge is 0.233 e. The molecule has 0 aliphatic carbocycles. The van der Waals surface area contributed by atoms with Gasteiger partial charge in [-0.25, -0.2) is 0 Å². The highest BCUT2D eigenvalue weighted by atomic mass is 35.5. The molecule has 0 aromatic carbocycles. The first-order valence-electron chi connectivity index (χ1n) is 4.31. The van der Waals surface area contributed by atoms with Gasteiger partial charge >= 0.3 is 0 Å². The van der Waals surface area contributed by atoms with Gasteiger partial charge in [-0.1, -0.05) is 6.92 Å². The van der Waals surface area contributed by atoms with Crippen LogP contribution in [-0.2, 0) is 5.88 Å². The highest BCUT2D eigenvalue weighted by molar-refractivity contribution is 6.16. The number of ether oxygens (including phenoxy) is 1. The summed E-state index contributed by atoms with van der Waals surface area (Å²) in [6.07, 6.45) is 1.13. The molecule has 0 fully saturated rings. The molecule has 3 nitrogen and oxygen atoms in total. The van der Waals surface area contributed by atoms with E-state index < -0.39 is 0 Å². The molecule has 0 amide bonds. The van der Waals surface area contributed by atoms with Crippen LogP contribution >= 0.6 is 11.6 Å². The fourth-order valence-corrected chi connectivity index (χ4v) is 0.914. The first-order valence-corrected chi connectivity index (χ1v) is 4.85. The van der Waals surface area contributed by atoms with Crippen molar-refractivity contribution in [2.45, 2.75) is 32.3 Å². The normalized spacial score (nSPS) is 12.5. The molecule has 1 rings (SSSR count). The number of rotatable bonds is 4. The van der Waals surface area contributed by atoms with Crippen LogP contribution in [0.2, 0.25) is 0 Å². The van der Waals surface area contributed by atoms with Crippen molar-refractivity contribution in [2.24, 2.45) is 0 Å². The SMILES string of the molecule is CCC(C)Oc1ccc(CCl)nn1. The summed E-state index contributed by atoms with van der Waals surface area (Å²) in [4.78, 5) is 0. The number of nitrogens with zero attached hydrogens (tertiary/aromatic N) is 2. The highest BCUT2D eigenvalue weighted by Gasteiger charge is 2.02. The lowest BCUT2D eigenvalue weighted by Gasteiger charge is -2.10. The Bertz CT molecular complexity index is 250. The van der Waals surface area contributed by atoms with Gasteiger partial charge in [0.05, 0.1) is 17.7 Å². The zero-order valence-electron chi connectivity index (χ0n) is 7.83. The second-order valence-corrected chi connectivity index (χ2v) is 3.10. The third-order valence-electron chi connectivity index (χ3n) is 1.73. The van der Waals surface area contributed by atoms with Crippen molar-refractivity contribution in [2.75, 3.05) is 0 Å². The molecule has 1 heterocycles. The molecule has 0 spiro atoms. The Kier molecular flexibility index (Phi) is 3.96. The summed E-state index contributed by atoms with van der Waals surface area (Å²) in [7, 11) is 0. The number of hydrogen-bond acceptors (Lipinski definition) is 3. The summed E-state index contributed by atoms with van der Waals surface area (Å²) in [6, 6.07) is 3.61. The summed E-state index contributed by atoms with van der Waals surface area (Å²) in [5.41, 5.74) is 0.762. The van der Waals surface area contributed by atoms with E-state index in [4.69, 9.17) is 16.3 Å². The van der Waals surface area contributed by atoms with Crippen LogP contribution in [-0.4, -0.2) is 16.3 Å². The van der Waals surface area contributed by atoms with Crippen molar-refractivity contribution in [1.82, 2.24) is 10.2 Å². The lowest BCUT2D eigenvalue weighted by Crippen LogP contribution is -2.11. The van der Waals surface area contributed by atoms with E-state index in [2.05, 4.69) is 17.1 Å². The minimum atomic E-state index is 0.177. The molecule has 0 saturated carbocycles. The average Bonchev–Trinajstić information content (AvgIpc) is 2.19. The van der Waals surface area contributed by atoms with E-state index in [9.17, 15) is 0 Å². The van der Waals surface area contributed by atoms with E-state index in [1.54, 1.807) is 6.07 Å². The van der Waals surface area contributed by atoms with Crippen molar-refractivity contribution in [3.05, 3.63) is 17.8 Å². The largest absolute Gasteiger partial charge is 0.474 e. The number of halogens is 1. The molecule has 1 atom stereocenters. The summed E-state index contributed by atoms with van der Waals surface area (Å²) in [5, 5.41) is 7.76. The van der Waals surface area contributed by atoms with Gasteiger partial charge in [0.15, 0.2) is 0 Å². The highest BCUT2D eigenvalue weighted by Crippen LogP contribution is 2.09. The minimum Gasteiger partial charge on any atom is -0.474 e. The molecule has 0 radical (unpaired) electrons. The second kappa shape index (κ2) is 5.02. The van der Waals surface area contributed by atoms with Crippen molar-refractivity contribution in [3.63, 3.8) is 0 Å². The maximum absolute atomic E-state index is 5.57. The summed E-state index contributed by atoms with van der Waals surface area (Å²) in [6.45, 7) is 4.06.